The number of aryl methyl sites for hydroxylation is 1. The molecule has 3 heteroatoms. The van der Waals surface area contributed by atoms with E-state index in [9.17, 15) is 5.26 Å². The van der Waals surface area contributed by atoms with E-state index in [0.29, 0.717) is 24.3 Å². The lowest BCUT2D eigenvalue weighted by Gasteiger charge is -2.41. The van der Waals surface area contributed by atoms with Gasteiger partial charge in [0.15, 0.2) is 0 Å². The molecule has 0 bridgehead atoms. The van der Waals surface area contributed by atoms with Crippen LogP contribution in [-0.2, 0) is 11.2 Å². The van der Waals surface area contributed by atoms with Gasteiger partial charge < -0.3 is 4.74 Å². The van der Waals surface area contributed by atoms with Crippen LogP contribution in [0.15, 0.2) is 12.1 Å². The Balaban J connectivity index is 1.78. The highest BCUT2D eigenvalue weighted by Gasteiger charge is 2.56. The highest BCUT2D eigenvalue weighted by atomic mass is 19.1. The van der Waals surface area contributed by atoms with Crippen molar-refractivity contribution in [3.8, 4) is 6.07 Å². The zero-order chi connectivity index (χ0) is 16.9. The number of hydrogen-bond donors (Lipinski definition) is 0. The second-order valence-electron chi connectivity index (χ2n) is 8.35. The van der Waals surface area contributed by atoms with Crippen LogP contribution in [0.2, 0.25) is 0 Å². The molecule has 3 unspecified atom stereocenters. The van der Waals surface area contributed by atoms with Crippen LogP contribution in [0.4, 0.5) is 4.39 Å². The Morgan fingerprint density at radius 3 is 2.79 bits per heavy atom. The van der Waals surface area contributed by atoms with Crippen LogP contribution in [0.3, 0.4) is 0 Å². The topological polar surface area (TPSA) is 36.3 Å². The summed E-state index contributed by atoms with van der Waals surface area (Å²) >= 11 is 0. The fourth-order valence-electron chi connectivity index (χ4n) is 5.20. The fourth-order valence-corrected chi connectivity index (χ4v) is 5.20. The molecule has 1 heterocycles. The first-order valence-electron chi connectivity index (χ1n) is 9.32. The van der Waals surface area contributed by atoms with E-state index in [4.69, 9.17) is 4.74 Å². The first-order valence-corrected chi connectivity index (χ1v) is 9.32. The van der Waals surface area contributed by atoms with Crippen molar-refractivity contribution in [1.82, 2.24) is 0 Å². The number of benzene rings is 1. The van der Waals surface area contributed by atoms with Gasteiger partial charge in [-0.3, -0.25) is 0 Å². The van der Waals surface area contributed by atoms with E-state index >= 15 is 4.39 Å². The highest BCUT2D eigenvalue weighted by molar-refractivity contribution is 5.49. The molecule has 24 heavy (non-hydrogen) atoms. The summed E-state index contributed by atoms with van der Waals surface area (Å²) < 4.78 is 21.8. The van der Waals surface area contributed by atoms with Crippen molar-refractivity contribution in [3.05, 3.63) is 34.4 Å². The molecular weight excluding hydrogens is 301 g/mol. The molecule has 4 atom stereocenters. The van der Waals surface area contributed by atoms with Crippen LogP contribution in [0.5, 0.6) is 0 Å². The molecule has 3 aliphatic rings. The van der Waals surface area contributed by atoms with Gasteiger partial charge >= 0.3 is 0 Å². The van der Waals surface area contributed by atoms with Crippen molar-refractivity contribution in [1.29, 1.82) is 5.26 Å². The Kier molecular flexibility index (Phi) is 3.73. The Bertz CT molecular complexity index is 703. The average Bonchev–Trinajstić information content (AvgIpc) is 3.30. The molecule has 1 spiro atoms. The molecule has 128 valence electrons. The maximum atomic E-state index is 16.1. The molecule has 4 rings (SSSR count). The van der Waals surface area contributed by atoms with E-state index in [1.165, 1.54) is 11.1 Å². The Hall–Kier alpha value is -1.40. The van der Waals surface area contributed by atoms with Crippen LogP contribution >= 0.6 is 0 Å². The maximum absolute atomic E-state index is 16.1. The Morgan fingerprint density at radius 1 is 1.29 bits per heavy atom. The molecule has 0 radical (unpaired) electrons. The van der Waals surface area contributed by atoms with Gasteiger partial charge in [0.1, 0.15) is 5.67 Å². The lowest BCUT2D eigenvalue weighted by atomic mass is 9.67. The summed E-state index contributed by atoms with van der Waals surface area (Å²) in [5.74, 6) is 0.460. The zero-order valence-corrected chi connectivity index (χ0v) is 14.7. The molecular formula is C21H26FNO. The number of ether oxygens (including phenoxy) is 1. The van der Waals surface area contributed by atoms with E-state index < -0.39 is 5.67 Å². The minimum absolute atomic E-state index is 0.00653. The van der Waals surface area contributed by atoms with Crippen molar-refractivity contribution < 1.29 is 9.13 Å². The summed E-state index contributed by atoms with van der Waals surface area (Å²) in [5.41, 5.74) is 2.89. The standard InChI is InChI=1S/C21H26FNO/c1-14-4-3-5-17-10-20(13-24-20)8-9-21(17,22)11-18-16(12-23)7-6-15(2)19(14)18/h6-7,14,17H,3-5,8-11,13H2,1-2H3/t14?,17-,20?,21?/m1/s1. The van der Waals surface area contributed by atoms with Gasteiger partial charge in [0, 0.05) is 6.42 Å². The van der Waals surface area contributed by atoms with Gasteiger partial charge in [-0.2, -0.15) is 5.26 Å². The van der Waals surface area contributed by atoms with Crippen LogP contribution < -0.4 is 0 Å². The third kappa shape index (κ3) is 2.56. The van der Waals surface area contributed by atoms with Crippen LogP contribution in [0.1, 0.15) is 73.6 Å². The number of halogens is 1. The molecule has 2 fully saturated rings. The number of hydrogen-bond acceptors (Lipinski definition) is 2. The Morgan fingerprint density at radius 2 is 2.08 bits per heavy atom. The maximum Gasteiger partial charge on any atom is 0.118 e. The van der Waals surface area contributed by atoms with Crippen molar-refractivity contribution in [2.24, 2.45) is 5.92 Å². The highest BCUT2D eigenvalue weighted by Crippen LogP contribution is 2.53. The SMILES string of the molecule is Cc1ccc(C#N)c2c1C(C)CCC[C@@H]1CC3(CCC1(F)C2)CO3. The second kappa shape index (κ2) is 5.56. The second-order valence-corrected chi connectivity index (χ2v) is 8.35. The Labute approximate surface area is 144 Å². The third-order valence-electron chi connectivity index (χ3n) is 6.75. The number of nitriles is 1. The fraction of sp³-hybridized carbons (Fsp3) is 0.667. The van der Waals surface area contributed by atoms with Crippen molar-refractivity contribution in [2.45, 2.75) is 76.0 Å². The predicted octanol–water partition coefficient (Wildman–Crippen LogP) is 4.97. The lowest BCUT2D eigenvalue weighted by molar-refractivity contribution is 0.000482. The molecule has 1 saturated heterocycles. The molecule has 1 aromatic carbocycles. The molecule has 1 aromatic rings. The van der Waals surface area contributed by atoms with E-state index in [1.807, 2.05) is 12.1 Å². The molecule has 1 saturated carbocycles. The summed E-state index contributed by atoms with van der Waals surface area (Å²) in [7, 11) is 0. The summed E-state index contributed by atoms with van der Waals surface area (Å²) in [6, 6.07) is 6.23. The molecule has 1 aliphatic heterocycles. The van der Waals surface area contributed by atoms with E-state index in [2.05, 4.69) is 19.9 Å². The summed E-state index contributed by atoms with van der Waals surface area (Å²) in [5, 5.41) is 9.58. The van der Waals surface area contributed by atoms with Gasteiger partial charge in [0.2, 0.25) is 0 Å². The molecule has 0 amide bonds. The smallest absolute Gasteiger partial charge is 0.118 e. The van der Waals surface area contributed by atoms with Gasteiger partial charge in [-0.15, -0.1) is 0 Å². The monoisotopic (exact) mass is 327 g/mol. The van der Waals surface area contributed by atoms with Crippen LogP contribution in [0.25, 0.3) is 0 Å². The molecule has 0 N–H and O–H groups in total. The van der Waals surface area contributed by atoms with Gasteiger partial charge in [-0.05, 0) is 73.6 Å². The minimum Gasteiger partial charge on any atom is -0.370 e. The summed E-state index contributed by atoms with van der Waals surface area (Å²) in [6.07, 6.45) is 5.75. The van der Waals surface area contributed by atoms with E-state index in [-0.39, 0.29) is 11.5 Å². The van der Waals surface area contributed by atoms with Gasteiger partial charge in [-0.25, -0.2) is 4.39 Å². The van der Waals surface area contributed by atoms with E-state index in [0.717, 1.165) is 44.3 Å². The normalized spacial score (nSPS) is 38.2. The largest absolute Gasteiger partial charge is 0.370 e. The number of epoxide rings is 1. The molecule has 2 aliphatic carbocycles. The third-order valence-corrected chi connectivity index (χ3v) is 6.75. The summed E-state index contributed by atoms with van der Waals surface area (Å²) in [4.78, 5) is 0. The quantitative estimate of drug-likeness (QED) is 0.630. The number of nitrogens with zero attached hydrogens (tertiary/aromatic N) is 1. The van der Waals surface area contributed by atoms with Crippen LogP contribution in [-0.4, -0.2) is 17.9 Å². The first kappa shape index (κ1) is 16.1. The molecule has 0 aromatic heterocycles. The van der Waals surface area contributed by atoms with Gasteiger partial charge in [0.25, 0.3) is 0 Å². The number of alkyl halides is 1. The number of rotatable bonds is 0. The van der Waals surface area contributed by atoms with Crippen LogP contribution in [0, 0.1) is 24.2 Å². The van der Waals surface area contributed by atoms with E-state index in [1.54, 1.807) is 0 Å². The first-order chi connectivity index (χ1) is 11.5. The lowest BCUT2D eigenvalue weighted by Crippen LogP contribution is -2.44. The van der Waals surface area contributed by atoms with Gasteiger partial charge in [-0.1, -0.05) is 19.4 Å². The molecule has 2 nitrogen and oxygen atoms in total. The van der Waals surface area contributed by atoms with Crippen molar-refractivity contribution >= 4 is 0 Å². The zero-order valence-electron chi connectivity index (χ0n) is 14.7. The van der Waals surface area contributed by atoms with Crippen molar-refractivity contribution in [3.63, 3.8) is 0 Å². The minimum atomic E-state index is -1.19. The average molecular weight is 327 g/mol. The van der Waals surface area contributed by atoms with Crippen molar-refractivity contribution in [2.75, 3.05) is 6.61 Å². The summed E-state index contributed by atoms with van der Waals surface area (Å²) in [6.45, 7) is 5.15. The number of fused-ring (bicyclic) bond motifs is 2. The predicted molar refractivity (Wildman–Crippen MR) is 91.7 cm³/mol. The van der Waals surface area contributed by atoms with Gasteiger partial charge in [0.05, 0.1) is 23.8 Å².